The summed E-state index contributed by atoms with van der Waals surface area (Å²) in [6.45, 7) is 6.88. The molecule has 1 aromatic rings. The average Bonchev–Trinajstić information content (AvgIpc) is 2.84. The highest BCUT2D eigenvalue weighted by Gasteiger charge is 2.17. The van der Waals surface area contributed by atoms with Crippen molar-refractivity contribution in [1.82, 2.24) is 15.2 Å². The van der Waals surface area contributed by atoms with Gasteiger partial charge in [-0.2, -0.15) is 0 Å². The molecule has 0 bridgehead atoms. The maximum atomic E-state index is 4.02. The van der Waals surface area contributed by atoms with Crippen molar-refractivity contribution in [1.29, 1.82) is 0 Å². The zero-order chi connectivity index (χ0) is 11.2. The van der Waals surface area contributed by atoms with Crippen LogP contribution in [-0.2, 0) is 6.54 Å². The number of nitrogens with zero attached hydrogens (tertiary/aromatic N) is 2. The van der Waals surface area contributed by atoms with E-state index in [-0.39, 0.29) is 0 Å². The molecule has 0 spiro atoms. The third kappa shape index (κ3) is 3.29. The topological polar surface area (TPSA) is 28.2 Å². The van der Waals surface area contributed by atoms with E-state index in [1.807, 2.05) is 12.4 Å². The van der Waals surface area contributed by atoms with Crippen molar-refractivity contribution in [3.8, 4) is 0 Å². The first-order chi connectivity index (χ1) is 7.86. The maximum absolute atomic E-state index is 4.02. The smallest absolute Gasteiger partial charge is 0.0271 e. The van der Waals surface area contributed by atoms with Gasteiger partial charge in [-0.3, -0.25) is 9.88 Å². The van der Waals surface area contributed by atoms with Crippen LogP contribution >= 0.6 is 0 Å². The zero-order valence-electron chi connectivity index (χ0n) is 10.0. The molecule has 0 amide bonds. The Kier molecular flexibility index (Phi) is 4.31. The van der Waals surface area contributed by atoms with Gasteiger partial charge in [-0.05, 0) is 50.6 Å². The molecule has 16 heavy (non-hydrogen) atoms. The van der Waals surface area contributed by atoms with E-state index in [0.717, 1.165) is 13.1 Å². The van der Waals surface area contributed by atoms with E-state index in [2.05, 4.69) is 34.3 Å². The second-order valence-corrected chi connectivity index (χ2v) is 4.58. The fourth-order valence-electron chi connectivity index (χ4n) is 2.24. The lowest BCUT2D eigenvalue weighted by atomic mass is 10.2. The second kappa shape index (κ2) is 5.97. The summed E-state index contributed by atoms with van der Waals surface area (Å²) in [4.78, 5) is 6.58. The molecule has 1 saturated heterocycles. The van der Waals surface area contributed by atoms with Gasteiger partial charge in [0.05, 0.1) is 0 Å². The molecule has 2 rings (SSSR count). The van der Waals surface area contributed by atoms with E-state index in [1.165, 1.54) is 31.5 Å². The van der Waals surface area contributed by atoms with Gasteiger partial charge in [-0.1, -0.05) is 0 Å². The molecule has 3 nitrogen and oxygen atoms in total. The van der Waals surface area contributed by atoms with Crippen molar-refractivity contribution >= 4 is 0 Å². The number of rotatable bonds is 5. The summed E-state index contributed by atoms with van der Waals surface area (Å²) in [7, 11) is 0. The molecule has 0 radical (unpaired) electrons. The molecule has 1 aliphatic heterocycles. The van der Waals surface area contributed by atoms with Crippen molar-refractivity contribution in [3.63, 3.8) is 0 Å². The van der Waals surface area contributed by atoms with E-state index < -0.39 is 0 Å². The molecular formula is C13H21N3. The quantitative estimate of drug-likeness (QED) is 0.816. The van der Waals surface area contributed by atoms with Crippen LogP contribution in [-0.4, -0.2) is 35.6 Å². The number of nitrogens with one attached hydrogen (secondary N) is 1. The Balaban J connectivity index is 1.67. The Morgan fingerprint density at radius 1 is 1.31 bits per heavy atom. The van der Waals surface area contributed by atoms with E-state index in [0.29, 0.717) is 6.04 Å². The normalized spacial score (nSPS) is 18.8. The van der Waals surface area contributed by atoms with Crippen LogP contribution in [0.25, 0.3) is 0 Å². The monoisotopic (exact) mass is 219 g/mol. The molecule has 3 heteroatoms. The maximum Gasteiger partial charge on any atom is 0.0271 e. The van der Waals surface area contributed by atoms with Crippen LogP contribution in [0, 0.1) is 0 Å². The summed E-state index contributed by atoms with van der Waals surface area (Å²) in [5, 5.41) is 3.51. The van der Waals surface area contributed by atoms with Gasteiger partial charge < -0.3 is 5.32 Å². The fourth-order valence-corrected chi connectivity index (χ4v) is 2.24. The van der Waals surface area contributed by atoms with Gasteiger partial charge in [0.1, 0.15) is 0 Å². The molecule has 88 valence electrons. The molecule has 0 aromatic carbocycles. The summed E-state index contributed by atoms with van der Waals surface area (Å²) in [5.41, 5.74) is 1.31. The zero-order valence-corrected chi connectivity index (χ0v) is 10.0. The third-order valence-electron chi connectivity index (χ3n) is 3.28. The predicted molar refractivity (Wildman–Crippen MR) is 66.2 cm³/mol. The number of hydrogen-bond donors (Lipinski definition) is 1. The number of hydrogen-bond acceptors (Lipinski definition) is 3. The second-order valence-electron chi connectivity index (χ2n) is 4.58. The van der Waals surface area contributed by atoms with Gasteiger partial charge >= 0.3 is 0 Å². The van der Waals surface area contributed by atoms with Crippen molar-refractivity contribution < 1.29 is 0 Å². The van der Waals surface area contributed by atoms with Crippen LogP contribution < -0.4 is 5.32 Å². The number of likely N-dealkylation sites (tertiary alicyclic amines) is 1. The lowest BCUT2D eigenvalue weighted by Gasteiger charge is -2.23. The number of aromatic nitrogens is 1. The Hall–Kier alpha value is -0.930. The Labute approximate surface area is 97.9 Å². The number of pyridine rings is 1. The molecule has 0 aliphatic carbocycles. The molecule has 0 saturated carbocycles. The minimum atomic E-state index is 0.657. The summed E-state index contributed by atoms with van der Waals surface area (Å²) >= 11 is 0. The third-order valence-corrected chi connectivity index (χ3v) is 3.28. The first-order valence-corrected chi connectivity index (χ1v) is 6.20. The van der Waals surface area contributed by atoms with Crippen molar-refractivity contribution in [2.75, 3.05) is 19.6 Å². The van der Waals surface area contributed by atoms with Crippen LogP contribution in [0.3, 0.4) is 0 Å². The Bertz CT molecular complexity index is 293. The van der Waals surface area contributed by atoms with Gasteiger partial charge in [-0.15, -0.1) is 0 Å². The van der Waals surface area contributed by atoms with E-state index in [9.17, 15) is 0 Å². The Morgan fingerprint density at radius 2 is 2.00 bits per heavy atom. The SMILES string of the molecule is CC(CNCc1ccncc1)N1CCCC1. The summed E-state index contributed by atoms with van der Waals surface area (Å²) < 4.78 is 0. The highest BCUT2D eigenvalue weighted by Crippen LogP contribution is 2.10. The fraction of sp³-hybridized carbons (Fsp3) is 0.615. The molecule has 1 atom stereocenters. The lowest BCUT2D eigenvalue weighted by molar-refractivity contribution is 0.251. The molecule has 1 N–H and O–H groups in total. The molecule has 1 aliphatic rings. The first-order valence-electron chi connectivity index (χ1n) is 6.20. The standard InChI is InChI=1S/C13H21N3/c1-12(16-8-2-3-9-16)10-15-11-13-4-6-14-7-5-13/h4-7,12,15H,2-3,8-11H2,1H3. The highest BCUT2D eigenvalue weighted by molar-refractivity contribution is 5.08. The lowest BCUT2D eigenvalue weighted by Crippen LogP contribution is -2.38. The highest BCUT2D eigenvalue weighted by atomic mass is 15.2. The van der Waals surface area contributed by atoms with E-state index >= 15 is 0 Å². The van der Waals surface area contributed by atoms with E-state index in [4.69, 9.17) is 0 Å². The minimum absolute atomic E-state index is 0.657. The van der Waals surface area contributed by atoms with Crippen LogP contribution in [0.5, 0.6) is 0 Å². The molecule has 1 aromatic heterocycles. The van der Waals surface area contributed by atoms with Gasteiger partial charge in [0.2, 0.25) is 0 Å². The van der Waals surface area contributed by atoms with Crippen molar-refractivity contribution in [2.45, 2.75) is 32.4 Å². The van der Waals surface area contributed by atoms with Crippen LogP contribution in [0.4, 0.5) is 0 Å². The predicted octanol–water partition coefficient (Wildman–Crippen LogP) is 1.66. The van der Waals surface area contributed by atoms with Gasteiger partial charge in [0.25, 0.3) is 0 Å². The van der Waals surface area contributed by atoms with Crippen LogP contribution in [0.2, 0.25) is 0 Å². The van der Waals surface area contributed by atoms with Gasteiger partial charge in [0.15, 0.2) is 0 Å². The van der Waals surface area contributed by atoms with Crippen LogP contribution in [0.1, 0.15) is 25.3 Å². The molecule has 1 unspecified atom stereocenters. The van der Waals surface area contributed by atoms with E-state index in [1.54, 1.807) is 0 Å². The van der Waals surface area contributed by atoms with Crippen LogP contribution in [0.15, 0.2) is 24.5 Å². The largest absolute Gasteiger partial charge is 0.311 e. The van der Waals surface area contributed by atoms with Gasteiger partial charge in [-0.25, -0.2) is 0 Å². The molecule has 1 fully saturated rings. The minimum Gasteiger partial charge on any atom is -0.311 e. The first kappa shape index (κ1) is 11.6. The Morgan fingerprint density at radius 3 is 2.69 bits per heavy atom. The van der Waals surface area contributed by atoms with Gasteiger partial charge in [0, 0.05) is 31.5 Å². The summed E-state index contributed by atoms with van der Waals surface area (Å²) in [6, 6.07) is 4.78. The average molecular weight is 219 g/mol. The van der Waals surface area contributed by atoms with Crippen molar-refractivity contribution in [2.24, 2.45) is 0 Å². The molecular weight excluding hydrogens is 198 g/mol. The summed E-state index contributed by atoms with van der Waals surface area (Å²) in [5.74, 6) is 0. The van der Waals surface area contributed by atoms with Crippen molar-refractivity contribution in [3.05, 3.63) is 30.1 Å². The summed E-state index contributed by atoms with van der Waals surface area (Å²) in [6.07, 6.45) is 6.44. The molecule has 2 heterocycles.